The molecule has 0 bridgehead atoms. The maximum Gasteiger partial charge on any atom is 0.128 e. The fraction of sp³-hybridized carbons (Fsp3) is 0.182. The number of ether oxygens (including phenoxy) is 1. The maximum absolute atomic E-state index is 8.43. The first-order valence-electron chi connectivity index (χ1n) is 4.29. The number of rotatable bonds is 4. The van der Waals surface area contributed by atoms with Crippen LogP contribution in [0.5, 0.6) is 5.75 Å². The van der Waals surface area contributed by atoms with Crippen molar-refractivity contribution in [1.82, 2.24) is 0 Å². The van der Waals surface area contributed by atoms with Crippen LogP contribution in [0.25, 0.3) is 0 Å². The van der Waals surface area contributed by atoms with Gasteiger partial charge in [-0.1, -0.05) is 23.9 Å². The Kier molecular flexibility index (Phi) is 3.73. The molecule has 3 heteroatoms. The van der Waals surface area contributed by atoms with Gasteiger partial charge in [-0.3, -0.25) is 0 Å². The van der Waals surface area contributed by atoms with E-state index < -0.39 is 0 Å². The van der Waals surface area contributed by atoms with Gasteiger partial charge in [-0.25, -0.2) is 0 Å². The molecule has 14 heavy (non-hydrogen) atoms. The van der Waals surface area contributed by atoms with Crippen molar-refractivity contribution in [2.45, 2.75) is 6.92 Å². The molecule has 0 heterocycles. The van der Waals surface area contributed by atoms with E-state index in [0.717, 1.165) is 11.1 Å². The van der Waals surface area contributed by atoms with Gasteiger partial charge in [0.1, 0.15) is 12.4 Å². The van der Waals surface area contributed by atoms with E-state index in [4.69, 9.17) is 9.94 Å². The highest BCUT2D eigenvalue weighted by atomic mass is 16.5. The second-order valence-electron chi connectivity index (χ2n) is 2.89. The molecule has 1 aromatic rings. The van der Waals surface area contributed by atoms with Crippen LogP contribution in [0.2, 0.25) is 0 Å². The average Bonchev–Trinajstić information content (AvgIpc) is 2.18. The van der Waals surface area contributed by atoms with Gasteiger partial charge in [0.05, 0.1) is 6.21 Å². The van der Waals surface area contributed by atoms with Gasteiger partial charge in [-0.2, -0.15) is 0 Å². The molecule has 0 amide bonds. The Hall–Kier alpha value is -1.77. The van der Waals surface area contributed by atoms with Crippen LogP contribution in [-0.2, 0) is 0 Å². The lowest BCUT2D eigenvalue weighted by Crippen LogP contribution is -1.97. The summed E-state index contributed by atoms with van der Waals surface area (Å²) in [6.07, 6.45) is 3.01. The van der Waals surface area contributed by atoms with Crippen LogP contribution >= 0.6 is 0 Å². The van der Waals surface area contributed by atoms with Crippen molar-refractivity contribution in [2.24, 2.45) is 5.16 Å². The molecule has 0 saturated carbocycles. The van der Waals surface area contributed by atoms with E-state index in [2.05, 4.69) is 11.7 Å². The molecule has 0 aromatic heterocycles. The topological polar surface area (TPSA) is 41.8 Å². The fourth-order valence-corrected chi connectivity index (χ4v) is 1.08. The summed E-state index contributed by atoms with van der Waals surface area (Å²) in [6, 6.07) is 5.66. The lowest BCUT2D eigenvalue weighted by molar-refractivity contribution is 0.321. The summed E-state index contributed by atoms with van der Waals surface area (Å²) in [7, 11) is 0. The Balaban J connectivity index is 2.96. The number of oxime groups is 1. The molecule has 0 fully saturated rings. The molecule has 1 aromatic carbocycles. The van der Waals surface area contributed by atoms with Crippen molar-refractivity contribution in [1.29, 1.82) is 0 Å². The third kappa shape index (κ3) is 2.62. The lowest BCUT2D eigenvalue weighted by Gasteiger charge is -2.07. The van der Waals surface area contributed by atoms with Gasteiger partial charge >= 0.3 is 0 Å². The Labute approximate surface area is 83.3 Å². The number of nitrogens with zero attached hydrogens (tertiary/aromatic N) is 1. The minimum Gasteiger partial charge on any atom is -0.489 e. The molecule has 0 saturated heterocycles. The Morgan fingerprint density at radius 3 is 3.00 bits per heavy atom. The molecule has 1 rings (SSSR count). The summed E-state index contributed by atoms with van der Waals surface area (Å²) in [5.74, 6) is 0.697. The third-order valence-corrected chi connectivity index (χ3v) is 1.72. The van der Waals surface area contributed by atoms with E-state index in [1.807, 2.05) is 25.1 Å². The fourth-order valence-electron chi connectivity index (χ4n) is 1.08. The molecule has 74 valence electrons. The van der Waals surface area contributed by atoms with E-state index in [9.17, 15) is 0 Å². The van der Waals surface area contributed by atoms with Gasteiger partial charge in [0.25, 0.3) is 0 Å². The number of hydrogen-bond donors (Lipinski definition) is 1. The first-order chi connectivity index (χ1) is 6.77. The van der Waals surface area contributed by atoms with Crippen molar-refractivity contribution in [3.05, 3.63) is 42.0 Å². The normalized spacial score (nSPS) is 10.4. The van der Waals surface area contributed by atoms with Gasteiger partial charge in [0, 0.05) is 5.56 Å². The summed E-state index contributed by atoms with van der Waals surface area (Å²) >= 11 is 0. The summed E-state index contributed by atoms with van der Waals surface area (Å²) in [4.78, 5) is 0. The molecule has 0 spiro atoms. The maximum atomic E-state index is 8.43. The van der Waals surface area contributed by atoms with Crippen molar-refractivity contribution < 1.29 is 9.94 Å². The smallest absolute Gasteiger partial charge is 0.128 e. The van der Waals surface area contributed by atoms with Crippen LogP contribution < -0.4 is 4.74 Å². The van der Waals surface area contributed by atoms with Crippen molar-refractivity contribution >= 4 is 6.21 Å². The largest absolute Gasteiger partial charge is 0.489 e. The summed E-state index contributed by atoms with van der Waals surface area (Å²) < 4.78 is 5.40. The van der Waals surface area contributed by atoms with Gasteiger partial charge in [-0.15, -0.1) is 0 Å². The zero-order valence-electron chi connectivity index (χ0n) is 8.10. The van der Waals surface area contributed by atoms with Crippen LogP contribution in [0, 0.1) is 6.92 Å². The minimum absolute atomic E-state index is 0.440. The van der Waals surface area contributed by atoms with E-state index >= 15 is 0 Å². The lowest BCUT2D eigenvalue weighted by atomic mass is 10.1. The van der Waals surface area contributed by atoms with E-state index in [1.165, 1.54) is 6.21 Å². The molecule has 0 atom stereocenters. The molecule has 0 aliphatic heterocycles. The van der Waals surface area contributed by atoms with Crippen molar-refractivity contribution in [3.8, 4) is 5.75 Å². The minimum atomic E-state index is 0.440. The first kappa shape index (κ1) is 10.3. The van der Waals surface area contributed by atoms with Crippen molar-refractivity contribution in [2.75, 3.05) is 6.61 Å². The number of hydrogen-bond acceptors (Lipinski definition) is 3. The predicted molar refractivity (Wildman–Crippen MR) is 56.3 cm³/mol. The molecule has 0 radical (unpaired) electrons. The zero-order valence-corrected chi connectivity index (χ0v) is 8.10. The summed E-state index contributed by atoms with van der Waals surface area (Å²) in [6.45, 7) is 5.98. The van der Waals surface area contributed by atoms with Crippen LogP contribution in [0.3, 0.4) is 0 Å². The summed E-state index contributed by atoms with van der Waals surface area (Å²) in [5, 5.41) is 11.4. The second kappa shape index (κ2) is 5.07. The molecule has 0 aliphatic rings. The molecular formula is C11H13NO2. The summed E-state index contributed by atoms with van der Waals surface area (Å²) in [5.41, 5.74) is 1.85. The van der Waals surface area contributed by atoms with E-state index in [-0.39, 0.29) is 0 Å². The second-order valence-corrected chi connectivity index (χ2v) is 2.89. The predicted octanol–water partition coefficient (Wildman–Crippen LogP) is 2.37. The third-order valence-electron chi connectivity index (χ3n) is 1.72. The molecular weight excluding hydrogens is 178 g/mol. The van der Waals surface area contributed by atoms with Gasteiger partial charge in [0.15, 0.2) is 0 Å². The molecule has 1 N–H and O–H groups in total. The molecule has 0 aliphatic carbocycles. The van der Waals surface area contributed by atoms with Crippen LogP contribution in [0.15, 0.2) is 36.0 Å². The van der Waals surface area contributed by atoms with Crippen LogP contribution in [-0.4, -0.2) is 18.0 Å². The SMILES string of the molecule is C=CCOc1cc(C)ccc1/C=N/O. The Morgan fingerprint density at radius 1 is 1.57 bits per heavy atom. The average molecular weight is 191 g/mol. The highest BCUT2D eigenvalue weighted by Crippen LogP contribution is 2.18. The number of aryl methyl sites for hydroxylation is 1. The highest BCUT2D eigenvalue weighted by Gasteiger charge is 2.00. The Morgan fingerprint density at radius 2 is 2.36 bits per heavy atom. The monoisotopic (exact) mass is 191 g/mol. The first-order valence-corrected chi connectivity index (χ1v) is 4.29. The van der Waals surface area contributed by atoms with E-state index in [0.29, 0.717) is 12.4 Å². The van der Waals surface area contributed by atoms with Gasteiger partial charge < -0.3 is 9.94 Å². The zero-order chi connectivity index (χ0) is 10.4. The molecule has 3 nitrogen and oxygen atoms in total. The highest BCUT2D eigenvalue weighted by molar-refractivity contribution is 5.83. The van der Waals surface area contributed by atoms with Crippen LogP contribution in [0.4, 0.5) is 0 Å². The quantitative estimate of drug-likeness (QED) is 0.343. The molecule has 0 unspecified atom stereocenters. The number of benzene rings is 1. The van der Waals surface area contributed by atoms with Crippen LogP contribution in [0.1, 0.15) is 11.1 Å². The van der Waals surface area contributed by atoms with Crippen molar-refractivity contribution in [3.63, 3.8) is 0 Å². The van der Waals surface area contributed by atoms with Gasteiger partial charge in [-0.05, 0) is 24.6 Å². The van der Waals surface area contributed by atoms with Gasteiger partial charge in [0.2, 0.25) is 0 Å². The standard InChI is InChI=1S/C11H13NO2/c1-3-6-14-11-7-9(2)4-5-10(11)8-12-13/h3-5,7-8,13H,1,6H2,2H3/b12-8+. The Bertz CT molecular complexity index is 345. The van der Waals surface area contributed by atoms with E-state index in [1.54, 1.807) is 6.08 Å².